The largest absolute Gasteiger partial charge is 0.412 e. The molecule has 1 amide bonds. The molecule has 0 radical (unpaired) electrons. The van der Waals surface area contributed by atoms with Crippen molar-refractivity contribution in [3.8, 4) is 0 Å². The number of nitrogens with one attached hydrogen (secondary N) is 1. The van der Waals surface area contributed by atoms with Gasteiger partial charge in [0.05, 0.1) is 0 Å². The number of alkyl halides is 3. The first-order valence-corrected chi connectivity index (χ1v) is 8.18. The summed E-state index contributed by atoms with van der Waals surface area (Å²) in [4.78, 5) is 23.3. The summed E-state index contributed by atoms with van der Waals surface area (Å²) >= 11 is 5.77. The molecular formula is C17H13ClF3N3O3. The zero-order valence-electron chi connectivity index (χ0n) is 13.6. The van der Waals surface area contributed by atoms with E-state index in [0.29, 0.717) is 10.0 Å². The van der Waals surface area contributed by atoms with Gasteiger partial charge in [-0.2, -0.15) is 13.2 Å². The van der Waals surface area contributed by atoms with Gasteiger partial charge in [-0.25, -0.2) is 5.43 Å². The number of nitrogens with zero attached hydrogens (tertiary/aromatic N) is 2. The Labute approximate surface area is 156 Å². The molecule has 1 N–H and O–H groups in total. The van der Waals surface area contributed by atoms with Gasteiger partial charge >= 0.3 is 6.18 Å². The van der Waals surface area contributed by atoms with E-state index in [-0.39, 0.29) is 11.1 Å². The summed E-state index contributed by atoms with van der Waals surface area (Å²) in [5.74, 6) is -0.820. The number of hydrazine groups is 1. The minimum absolute atomic E-state index is 0.0535. The van der Waals surface area contributed by atoms with Gasteiger partial charge in [-0.3, -0.25) is 19.9 Å². The predicted molar refractivity (Wildman–Crippen MR) is 90.6 cm³/mol. The van der Waals surface area contributed by atoms with Crippen molar-refractivity contribution in [2.45, 2.75) is 24.3 Å². The average Bonchev–Trinajstić information content (AvgIpc) is 3.04. The minimum Gasteiger partial charge on any atom is -0.268 e. The van der Waals surface area contributed by atoms with E-state index in [1.807, 2.05) is 5.43 Å². The van der Waals surface area contributed by atoms with Crippen LogP contribution >= 0.6 is 11.6 Å². The van der Waals surface area contributed by atoms with Gasteiger partial charge in [-0.1, -0.05) is 41.9 Å². The van der Waals surface area contributed by atoms with Crippen LogP contribution in [-0.2, 0) is 0 Å². The van der Waals surface area contributed by atoms with Crippen LogP contribution in [0.4, 0.5) is 13.2 Å². The molecule has 1 saturated heterocycles. The molecule has 0 bridgehead atoms. The van der Waals surface area contributed by atoms with E-state index < -0.39 is 35.1 Å². The number of carbonyl (C=O) groups excluding carboxylic acids is 1. The highest BCUT2D eigenvalue weighted by molar-refractivity contribution is 6.30. The lowest BCUT2D eigenvalue weighted by molar-refractivity contribution is -0.534. The summed E-state index contributed by atoms with van der Waals surface area (Å²) in [5, 5.41) is 12.5. The molecule has 1 fully saturated rings. The van der Waals surface area contributed by atoms with Crippen LogP contribution in [0, 0.1) is 10.1 Å². The third kappa shape index (κ3) is 3.74. The van der Waals surface area contributed by atoms with Gasteiger partial charge in [0.25, 0.3) is 11.9 Å². The Balaban J connectivity index is 2.08. The second-order valence-electron chi connectivity index (χ2n) is 5.96. The predicted octanol–water partition coefficient (Wildman–Crippen LogP) is 3.62. The van der Waals surface area contributed by atoms with Crippen LogP contribution in [0.25, 0.3) is 0 Å². The van der Waals surface area contributed by atoms with E-state index in [1.54, 1.807) is 6.07 Å². The fraction of sp³-hybridized carbons (Fsp3) is 0.235. The molecule has 0 aliphatic carbocycles. The molecule has 2 aromatic carbocycles. The lowest BCUT2D eigenvalue weighted by atomic mass is 9.95. The van der Waals surface area contributed by atoms with E-state index >= 15 is 0 Å². The summed E-state index contributed by atoms with van der Waals surface area (Å²) in [6.45, 7) is 0. The van der Waals surface area contributed by atoms with Gasteiger partial charge in [0, 0.05) is 15.5 Å². The van der Waals surface area contributed by atoms with Crippen LogP contribution in [0.15, 0.2) is 54.6 Å². The van der Waals surface area contributed by atoms with Crippen molar-refractivity contribution in [3.63, 3.8) is 0 Å². The second-order valence-corrected chi connectivity index (χ2v) is 6.40. The van der Waals surface area contributed by atoms with E-state index in [1.165, 1.54) is 48.5 Å². The van der Waals surface area contributed by atoms with Crippen molar-refractivity contribution in [3.05, 3.63) is 80.9 Å². The zero-order valence-corrected chi connectivity index (χ0v) is 14.3. The number of benzene rings is 2. The molecule has 27 heavy (non-hydrogen) atoms. The Morgan fingerprint density at radius 2 is 1.70 bits per heavy atom. The number of hydrogen-bond donors (Lipinski definition) is 1. The summed E-state index contributed by atoms with van der Waals surface area (Å²) in [5.41, 5.74) is 2.28. The third-order valence-electron chi connectivity index (χ3n) is 4.27. The SMILES string of the molecule is O=C(c1ccc(Cl)cc1)N1N[C@@H](C(F)(F)F)[C@H]([N+](=O)[O-])[C@@H]1c1ccccc1. The smallest absolute Gasteiger partial charge is 0.268 e. The van der Waals surface area contributed by atoms with Crippen LogP contribution in [0.3, 0.4) is 0 Å². The molecule has 6 nitrogen and oxygen atoms in total. The Bertz CT molecular complexity index is 846. The molecular weight excluding hydrogens is 387 g/mol. The summed E-state index contributed by atoms with van der Waals surface area (Å²) in [7, 11) is 0. The molecule has 0 spiro atoms. The molecule has 0 unspecified atom stereocenters. The molecule has 0 saturated carbocycles. The molecule has 1 heterocycles. The van der Waals surface area contributed by atoms with Crippen molar-refractivity contribution in [1.82, 2.24) is 10.4 Å². The van der Waals surface area contributed by atoms with Crippen molar-refractivity contribution < 1.29 is 22.9 Å². The maximum atomic E-state index is 13.4. The zero-order chi connectivity index (χ0) is 19.8. The summed E-state index contributed by atoms with van der Waals surface area (Å²) in [6, 6.07) is 7.08. The van der Waals surface area contributed by atoms with Crippen LogP contribution in [0.1, 0.15) is 22.0 Å². The van der Waals surface area contributed by atoms with Gasteiger partial charge in [0.1, 0.15) is 6.04 Å². The van der Waals surface area contributed by atoms with Crippen molar-refractivity contribution in [2.75, 3.05) is 0 Å². The number of rotatable bonds is 3. The van der Waals surface area contributed by atoms with Crippen LogP contribution in [0.2, 0.25) is 5.02 Å². The Morgan fingerprint density at radius 3 is 2.22 bits per heavy atom. The maximum Gasteiger partial charge on any atom is 0.412 e. The minimum atomic E-state index is -4.92. The lowest BCUT2D eigenvalue weighted by Gasteiger charge is -2.24. The van der Waals surface area contributed by atoms with Crippen LogP contribution in [0.5, 0.6) is 0 Å². The number of carbonyl (C=O) groups is 1. The number of nitro groups is 1. The van der Waals surface area contributed by atoms with Gasteiger partial charge in [-0.05, 0) is 29.8 Å². The van der Waals surface area contributed by atoms with Gasteiger partial charge < -0.3 is 0 Å². The monoisotopic (exact) mass is 399 g/mol. The van der Waals surface area contributed by atoms with Crippen molar-refractivity contribution in [1.29, 1.82) is 0 Å². The summed E-state index contributed by atoms with van der Waals surface area (Å²) < 4.78 is 40.3. The van der Waals surface area contributed by atoms with Gasteiger partial charge in [0.2, 0.25) is 0 Å². The summed E-state index contributed by atoms with van der Waals surface area (Å²) in [6.07, 6.45) is -4.92. The molecule has 3 rings (SSSR count). The van der Waals surface area contributed by atoms with Gasteiger partial charge in [0.15, 0.2) is 6.04 Å². The first-order chi connectivity index (χ1) is 12.7. The molecule has 3 atom stereocenters. The number of amides is 1. The quantitative estimate of drug-likeness (QED) is 0.632. The van der Waals surface area contributed by atoms with Crippen molar-refractivity contribution >= 4 is 17.5 Å². The molecule has 1 aliphatic heterocycles. The highest BCUT2D eigenvalue weighted by Gasteiger charge is 2.62. The first kappa shape index (κ1) is 19.1. The van der Waals surface area contributed by atoms with E-state index in [4.69, 9.17) is 11.6 Å². The fourth-order valence-electron chi connectivity index (χ4n) is 3.06. The normalized spacial score (nSPS) is 22.7. The third-order valence-corrected chi connectivity index (χ3v) is 4.52. The van der Waals surface area contributed by atoms with Gasteiger partial charge in [-0.15, -0.1) is 0 Å². The molecule has 1 aliphatic rings. The molecule has 2 aromatic rings. The van der Waals surface area contributed by atoms with Crippen molar-refractivity contribution in [2.24, 2.45) is 0 Å². The van der Waals surface area contributed by atoms with Crippen LogP contribution in [-0.4, -0.2) is 34.1 Å². The molecule has 10 heteroatoms. The second kappa shape index (κ2) is 7.16. The fourth-order valence-corrected chi connectivity index (χ4v) is 3.18. The topological polar surface area (TPSA) is 75.5 Å². The molecule has 142 valence electrons. The number of halogens is 4. The maximum absolute atomic E-state index is 13.4. The average molecular weight is 400 g/mol. The first-order valence-electron chi connectivity index (χ1n) is 7.80. The molecule has 0 aromatic heterocycles. The Hall–Kier alpha value is -2.65. The Kier molecular flexibility index (Phi) is 5.07. The number of hydrogen-bond acceptors (Lipinski definition) is 4. The highest BCUT2D eigenvalue weighted by Crippen LogP contribution is 2.39. The highest BCUT2D eigenvalue weighted by atomic mass is 35.5. The van der Waals surface area contributed by atoms with E-state index in [0.717, 1.165) is 0 Å². The van der Waals surface area contributed by atoms with Crippen LogP contribution < -0.4 is 5.43 Å². The van der Waals surface area contributed by atoms with E-state index in [2.05, 4.69) is 0 Å². The Morgan fingerprint density at radius 1 is 1.11 bits per heavy atom. The standard InChI is InChI=1S/C17H13ClF3N3O3/c18-12-8-6-11(7-9-12)16(25)23-13(10-4-2-1-3-5-10)14(24(26)27)15(22-23)17(19,20)21/h1-9,13-15,22H/t13-,14+,15+/m0/s1. The lowest BCUT2D eigenvalue weighted by Crippen LogP contribution is -2.49. The van der Waals surface area contributed by atoms with E-state index in [9.17, 15) is 28.1 Å².